The van der Waals surface area contributed by atoms with Crippen molar-refractivity contribution in [2.75, 3.05) is 18.4 Å². The van der Waals surface area contributed by atoms with E-state index >= 15 is 0 Å². The topological polar surface area (TPSA) is 78.4 Å². The Balaban J connectivity index is 2.17. The Morgan fingerprint density at radius 2 is 1.94 bits per heavy atom. The monoisotopic (exact) mass is 250 g/mol. The summed E-state index contributed by atoms with van der Waals surface area (Å²) >= 11 is 0. The van der Waals surface area contributed by atoms with Crippen LogP contribution in [0, 0.1) is 5.92 Å². The van der Waals surface area contributed by atoms with Crippen LogP contribution < -0.4 is 10.6 Å². The van der Waals surface area contributed by atoms with Gasteiger partial charge in [-0.3, -0.25) is 9.59 Å². The summed E-state index contributed by atoms with van der Waals surface area (Å²) in [6.07, 6.45) is 0.437. The number of hydrogen-bond donors (Lipinski definition) is 3. The molecule has 1 aromatic rings. The van der Waals surface area contributed by atoms with Crippen LogP contribution in [0.5, 0.6) is 0 Å². The number of anilines is 1. The molecule has 0 aliphatic heterocycles. The molecule has 0 aliphatic rings. The number of aliphatic carboxylic acids is 1. The molecule has 98 valence electrons. The third kappa shape index (κ3) is 5.34. The lowest BCUT2D eigenvalue weighted by atomic mass is 10.1. The zero-order chi connectivity index (χ0) is 13.4. The average molecular weight is 250 g/mol. The quantitative estimate of drug-likeness (QED) is 0.682. The molecule has 1 rings (SSSR count). The third-order valence-electron chi connectivity index (χ3n) is 2.55. The van der Waals surface area contributed by atoms with E-state index in [1.807, 2.05) is 30.3 Å². The molecule has 0 fully saturated rings. The molecule has 1 aromatic carbocycles. The van der Waals surface area contributed by atoms with E-state index in [2.05, 4.69) is 10.6 Å². The molecule has 1 atom stereocenters. The molecule has 0 radical (unpaired) electrons. The summed E-state index contributed by atoms with van der Waals surface area (Å²) in [6.45, 7) is 2.19. The molecule has 18 heavy (non-hydrogen) atoms. The van der Waals surface area contributed by atoms with Crippen LogP contribution in [0.2, 0.25) is 0 Å². The van der Waals surface area contributed by atoms with Crippen molar-refractivity contribution in [3.63, 3.8) is 0 Å². The van der Waals surface area contributed by atoms with Gasteiger partial charge in [-0.15, -0.1) is 0 Å². The largest absolute Gasteiger partial charge is 0.481 e. The summed E-state index contributed by atoms with van der Waals surface area (Å²) in [6, 6.07) is 9.42. The SMILES string of the molecule is CC(CCNC(=O)CNc1ccccc1)C(=O)O. The minimum Gasteiger partial charge on any atom is -0.481 e. The second kappa shape index (κ2) is 7.32. The Kier molecular flexibility index (Phi) is 5.70. The Hall–Kier alpha value is -2.04. The molecule has 0 bridgehead atoms. The molecule has 0 aromatic heterocycles. The molecule has 0 aliphatic carbocycles. The van der Waals surface area contributed by atoms with E-state index in [0.29, 0.717) is 13.0 Å². The van der Waals surface area contributed by atoms with E-state index in [1.165, 1.54) is 0 Å². The fourth-order valence-electron chi connectivity index (χ4n) is 1.35. The number of para-hydroxylation sites is 1. The highest BCUT2D eigenvalue weighted by Crippen LogP contribution is 2.03. The zero-order valence-electron chi connectivity index (χ0n) is 10.3. The van der Waals surface area contributed by atoms with Crippen molar-refractivity contribution in [2.24, 2.45) is 5.92 Å². The normalized spacial score (nSPS) is 11.6. The standard InChI is InChI=1S/C13H18N2O3/c1-10(13(17)18)7-8-14-12(16)9-15-11-5-3-2-4-6-11/h2-6,10,15H,7-9H2,1H3,(H,14,16)(H,17,18). The predicted molar refractivity (Wildman–Crippen MR) is 69.4 cm³/mol. The molecule has 5 nitrogen and oxygen atoms in total. The Morgan fingerprint density at radius 3 is 2.56 bits per heavy atom. The van der Waals surface area contributed by atoms with Crippen molar-refractivity contribution in [3.05, 3.63) is 30.3 Å². The lowest BCUT2D eigenvalue weighted by Crippen LogP contribution is -2.32. The Labute approximate surface area is 106 Å². The number of carboxylic acids is 1. The summed E-state index contributed by atoms with van der Waals surface area (Å²) in [4.78, 5) is 22.0. The second-order valence-electron chi connectivity index (χ2n) is 4.10. The highest BCUT2D eigenvalue weighted by molar-refractivity contribution is 5.80. The van der Waals surface area contributed by atoms with Crippen molar-refractivity contribution in [1.82, 2.24) is 5.32 Å². The van der Waals surface area contributed by atoms with Gasteiger partial charge in [0.1, 0.15) is 0 Å². The third-order valence-corrected chi connectivity index (χ3v) is 2.55. The predicted octanol–water partition coefficient (Wildman–Crippen LogP) is 1.33. The molecule has 3 N–H and O–H groups in total. The molecular formula is C13H18N2O3. The molecular weight excluding hydrogens is 232 g/mol. The molecule has 5 heteroatoms. The van der Waals surface area contributed by atoms with E-state index in [0.717, 1.165) is 5.69 Å². The van der Waals surface area contributed by atoms with Gasteiger partial charge in [0.2, 0.25) is 5.91 Å². The number of rotatable bonds is 7. The van der Waals surface area contributed by atoms with E-state index in [9.17, 15) is 9.59 Å². The van der Waals surface area contributed by atoms with Crippen molar-refractivity contribution >= 4 is 17.6 Å². The van der Waals surface area contributed by atoms with E-state index in [4.69, 9.17) is 5.11 Å². The minimum absolute atomic E-state index is 0.142. The Bertz CT molecular complexity index is 392. The van der Waals surface area contributed by atoms with Crippen LogP contribution >= 0.6 is 0 Å². The van der Waals surface area contributed by atoms with Crippen molar-refractivity contribution in [2.45, 2.75) is 13.3 Å². The van der Waals surface area contributed by atoms with E-state index in [1.54, 1.807) is 6.92 Å². The lowest BCUT2D eigenvalue weighted by molar-refractivity contribution is -0.141. The van der Waals surface area contributed by atoms with Crippen LogP contribution in [0.1, 0.15) is 13.3 Å². The number of carbonyl (C=O) groups is 2. The van der Waals surface area contributed by atoms with E-state index in [-0.39, 0.29) is 12.5 Å². The van der Waals surface area contributed by atoms with Gasteiger partial charge in [0.05, 0.1) is 12.5 Å². The van der Waals surface area contributed by atoms with Gasteiger partial charge in [-0.05, 0) is 18.6 Å². The molecule has 1 unspecified atom stereocenters. The maximum absolute atomic E-state index is 11.4. The van der Waals surface area contributed by atoms with Gasteiger partial charge in [-0.1, -0.05) is 25.1 Å². The average Bonchev–Trinajstić information content (AvgIpc) is 2.37. The van der Waals surface area contributed by atoms with Crippen LogP contribution in [0.4, 0.5) is 5.69 Å². The number of hydrogen-bond acceptors (Lipinski definition) is 3. The first-order valence-electron chi connectivity index (χ1n) is 5.88. The first-order valence-corrected chi connectivity index (χ1v) is 5.88. The zero-order valence-corrected chi connectivity index (χ0v) is 10.3. The van der Waals surface area contributed by atoms with Crippen LogP contribution in [0.3, 0.4) is 0 Å². The van der Waals surface area contributed by atoms with Gasteiger partial charge in [-0.2, -0.15) is 0 Å². The summed E-state index contributed by atoms with van der Waals surface area (Å²) in [5, 5.41) is 14.3. The number of nitrogens with one attached hydrogen (secondary N) is 2. The van der Waals surface area contributed by atoms with Gasteiger partial charge in [0.15, 0.2) is 0 Å². The van der Waals surface area contributed by atoms with Gasteiger partial charge >= 0.3 is 5.97 Å². The fraction of sp³-hybridized carbons (Fsp3) is 0.385. The van der Waals surface area contributed by atoms with Crippen molar-refractivity contribution < 1.29 is 14.7 Å². The van der Waals surface area contributed by atoms with Gasteiger partial charge in [-0.25, -0.2) is 0 Å². The number of carbonyl (C=O) groups excluding carboxylic acids is 1. The first-order chi connectivity index (χ1) is 8.59. The van der Waals surface area contributed by atoms with Crippen LogP contribution in [-0.2, 0) is 9.59 Å². The van der Waals surface area contributed by atoms with Gasteiger partial charge in [0, 0.05) is 12.2 Å². The number of carboxylic acid groups (broad SMARTS) is 1. The summed E-state index contributed by atoms with van der Waals surface area (Å²) < 4.78 is 0. The smallest absolute Gasteiger partial charge is 0.306 e. The highest BCUT2D eigenvalue weighted by Gasteiger charge is 2.10. The second-order valence-corrected chi connectivity index (χ2v) is 4.10. The summed E-state index contributed by atoms with van der Waals surface area (Å²) in [7, 11) is 0. The van der Waals surface area contributed by atoms with Crippen LogP contribution in [-0.4, -0.2) is 30.1 Å². The minimum atomic E-state index is -0.841. The van der Waals surface area contributed by atoms with Crippen LogP contribution in [0.25, 0.3) is 0 Å². The highest BCUT2D eigenvalue weighted by atomic mass is 16.4. The van der Waals surface area contributed by atoms with Crippen LogP contribution in [0.15, 0.2) is 30.3 Å². The number of amides is 1. The van der Waals surface area contributed by atoms with E-state index < -0.39 is 11.9 Å². The van der Waals surface area contributed by atoms with Gasteiger partial charge < -0.3 is 15.7 Å². The molecule has 0 saturated heterocycles. The molecule has 0 heterocycles. The Morgan fingerprint density at radius 1 is 1.28 bits per heavy atom. The maximum atomic E-state index is 11.4. The lowest BCUT2D eigenvalue weighted by Gasteiger charge is -2.09. The molecule has 0 spiro atoms. The molecule has 1 amide bonds. The summed E-state index contributed by atoms with van der Waals surface area (Å²) in [5.41, 5.74) is 0.881. The summed E-state index contributed by atoms with van der Waals surface area (Å²) in [5.74, 6) is -1.42. The maximum Gasteiger partial charge on any atom is 0.306 e. The number of benzene rings is 1. The van der Waals surface area contributed by atoms with Gasteiger partial charge in [0.25, 0.3) is 0 Å². The van der Waals surface area contributed by atoms with Crippen molar-refractivity contribution in [1.29, 1.82) is 0 Å². The fourth-order valence-corrected chi connectivity index (χ4v) is 1.35. The van der Waals surface area contributed by atoms with Crippen molar-refractivity contribution in [3.8, 4) is 0 Å². The molecule has 0 saturated carbocycles. The first kappa shape index (κ1) is 14.0.